The molecule has 1 unspecified atom stereocenters. The summed E-state index contributed by atoms with van der Waals surface area (Å²) in [6.07, 6.45) is 52.1. The van der Waals surface area contributed by atoms with Gasteiger partial charge in [-0.1, -0.05) is 165 Å². The van der Waals surface area contributed by atoms with Gasteiger partial charge in [-0.15, -0.1) is 0 Å². The number of rotatable bonds is 40. The second-order valence-corrected chi connectivity index (χ2v) is 14.9. The lowest BCUT2D eigenvalue weighted by Gasteiger charge is -2.18. The summed E-state index contributed by atoms with van der Waals surface area (Å²) in [6.45, 7) is 6.34. The van der Waals surface area contributed by atoms with Crippen molar-refractivity contribution in [2.75, 3.05) is 13.2 Å². The molecular weight excluding hydrogens is 685 g/mol. The normalized spacial score (nSPS) is 12.6. The Labute approximate surface area is 339 Å². The van der Waals surface area contributed by atoms with Gasteiger partial charge in [-0.3, -0.25) is 14.4 Å². The molecule has 0 fully saturated rings. The standard InChI is InChI=1S/C49H84O6/c1-4-7-10-13-16-19-21-23-25-27-30-33-36-39-42-48(51)54-45-46(44-53-47(50)41-38-35-32-29-18-15-12-9-6-3)55-49(52)43-40-37-34-31-28-26-24-22-20-17-14-11-8-5-2/h7-8,10-11,16-17,19-20,29,32,46H,4-6,9,12-15,18,21-28,30-31,33-45H2,1-3H3/b10-7-,11-8-,19-16-,20-17-,32-29-. The van der Waals surface area contributed by atoms with Gasteiger partial charge in [-0.2, -0.15) is 0 Å². The Hall–Kier alpha value is -2.89. The molecule has 1 atom stereocenters. The fourth-order valence-electron chi connectivity index (χ4n) is 6.11. The van der Waals surface area contributed by atoms with Crippen molar-refractivity contribution in [1.29, 1.82) is 0 Å². The summed E-state index contributed by atoms with van der Waals surface area (Å²) in [5, 5.41) is 0. The van der Waals surface area contributed by atoms with Gasteiger partial charge in [0.15, 0.2) is 6.10 Å². The zero-order valence-corrected chi connectivity index (χ0v) is 35.9. The molecule has 6 nitrogen and oxygen atoms in total. The van der Waals surface area contributed by atoms with Crippen LogP contribution in [0.5, 0.6) is 0 Å². The highest BCUT2D eigenvalue weighted by Gasteiger charge is 2.19. The Kier molecular flexibility index (Phi) is 41.5. The molecule has 55 heavy (non-hydrogen) atoms. The lowest BCUT2D eigenvalue weighted by molar-refractivity contribution is -0.167. The number of carbonyl (C=O) groups is 3. The van der Waals surface area contributed by atoms with Crippen LogP contribution >= 0.6 is 0 Å². The van der Waals surface area contributed by atoms with Crippen molar-refractivity contribution < 1.29 is 28.6 Å². The minimum absolute atomic E-state index is 0.0907. The molecule has 0 heterocycles. The quantitative estimate of drug-likeness (QED) is 0.0267. The fraction of sp³-hybridized carbons (Fsp3) is 0.735. The van der Waals surface area contributed by atoms with Crippen molar-refractivity contribution >= 4 is 17.9 Å². The third-order valence-electron chi connectivity index (χ3n) is 9.49. The first kappa shape index (κ1) is 52.1. The van der Waals surface area contributed by atoms with Crippen LogP contribution in [0.25, 0.3) is 0 Å². The molecule has 0 radical (unpaired) electrons. The fourth-order valence-corrected chi connectivity index (χ4v) is 6.11. The highest BCUT2D eigenvalue weighted by atomic mass is 16.6. The van der Waals surface area contributed by atoms with Crippen molar-refractivity contribution in [2.45, 2.75) is 219 Å². The van der Waals surface area contributed by atoms with Gasteiger partial charge in [0.25, 0.3) is 0 Å². The van der Waals surface area contributed by atoms with E-state index in [2.05, 4.69) is 81.5 Å². The Balaban J connectivity index is 4.40. The highest BCUT2D eigenvalue weighted by molar-refractivity contribution is 5.71. The van der Waals surface area contributed by atoms with Crippen LogP contribution < -0.4 is 0 Å². The van der Waals surface area contributed by atoms with Crippen LogP contribution in [0.3, 0.4) is 0 Å². The lowest BCUT2D eigenvalue weighted by atomic mass is 10.1. The van der Waals surface area contributed by atoms with Crippen LogP contribution in [0.2, 0.25) is 0 Å². The van der Waals surface area contributed by atoms with Crippen LogP contribution in [0.1, 0.15) is 213 Å². The molecule has 0 amide bonds. The summed E-state index contributed by atoms with van der Waals surface area (Å²) in [5.74, 6) is -0.948. The summed E-state index contributed by atoms with van der Waals surface area (Å²) >= 11 is 0. The summed E-state index contributed by atoms with van der Waals surface area (Å²) in [6, 6.07) is 0. The Morgan fingerprint density at radius 1 is 0.382 bits per heavy atom. The van der Waals surface area contributed by atoms with E-state index in [0.717, 1.165) is 89.9 Å². The molecule has 0 N–H and O–H groups in total. The van der Waals surface area contributed by atoms with Crippen molar-refractivity contribution in [1.82, 2.24) is 0 Å². The third kappa shape index (κ3) is 42.1. The van der Waals surface area contributed by atoms with Gasteiger partial charge in [0.05, 0.1) is 0 Å². The van der Waals surface area contributed by atoms with Crippen LogP contribution in [-0.4, -0.2) is 37.2 Å². The number of esters is 3. The molecule has 0 rings (SSSR count). The molecule has 0 spiro atoms. The number of unbranched alkanes of at least 4 members (excludes halogenated alkanes) is 19. The number of carbonyl (C=O) groups excluding carboxylic acids is 3. The van der Waals surface area contributed by atoms with Crippen molar-refractivity contribution in [3.63, 3.8) is 0 Å². The van der Waals surface area contributed by atoms with E-state index >= 15 is 0 Å². The minimum Gasteiger partial charge on any atom is -0.462 e. The number of hydrogen-bond acceptors (Lipinski definition) is 6. The number of ether oxygens (including phenoxy) is 3. The second-order valence-electron chi connectivity index (χ2n) is 14.9. The van der Waals surface area contributed by atoms with Gasteiger partial charge in [0.1, 0.15) is 13.2 Å². The second kappa shape index (κ2) is 43.8. The van der Waals surface area contributed by atoms with E-state index in [0.29, 0.717) is 25.7 Å². The van der Waals surface area contributed by atoms with Gasteiger partial charge < -0.3 is 14.2 Å². The van der Waals surface area contributed by atoms with Crippen LogP contribution in [0.15, 0.2) is 60.8 Å². The maximum atomic E-state index is 12.7. The zero-order valence-electron chi connectivity index (χ0n) is 35.9. The highest BCUT2D eigenvalue weighted by Crippen LogP contribution is 2.13. The SMILES string of the molecule is CC/C=C\C/C=C\CCCCCCCCCC(=O)OCC(COC(=O)CCC/C=C\CCCCCC)OC(=O)CCCCCCCCC/C=C\C/C=C\CC. The molecule has 0 bridgehead atoms. The average Bonchev–Trinajstić information content (AvgIpc) is 3.18. The smallest absolute Gasteiger partial charge is 0.306 e. The molecule has 0 aromatic heterocycles. The maximum Gasteiger partial charge on any atom is 0.306 e. The molecule has 0 aliphatic heterocycles. The van der Waals surface area contributed by atoms with Crippen molar-refractivity contribution in [2.24, 2.45) is 0 Å². The molecule has 316 valence electrons. The monoisotopic (exact) mass is 769 g/mol. The predicted molar refractivity (Wildman–Crippen MR) is 233 cm³/mol. The summed E-state index contributed by atoms with van der Waals surface area (Å²) in [4.78, 5) is 37.7. The van der Waals surface area contributed by atoms with E-state index in [1.165, 1.54) is 77.0 Å². The first-order valence-electron chi connectivity index (χ1n) is 22.8. The van der Waals surface area contributed by atoms with Crippen LogP contribution in [-0.2, 0) is 28.6 Å². The van der Waals surface area contributed by atoms with Gasteiger partial charge in [-0.25, -0.2) is 0 Å². The van der Waals surface area contributed by atoms with Gasteiger partial charge in [0.2, 0.25) is 0 Å². The Bertz CT molecular complexity index is 1020. The number of allylic oxidation sites excluding steroid dienone is 10. The predicted octanol–water partition coefficient (Wildman–Crippen LogP) is 14.5. The number of hydrogen-bond donors (Lipinski definition) is 0. The van der Waals surface area contributed by atoms with E-state index in [4.69, 9.17) is 14.2 Å². The Morgan fingerprint density at radius 3 is 1.18 bits per heavy atom. The summed E-state index contributed by atoms with van der Waals surface area (Å²) < 4.78 is 16.6. The minimum atomic E-state index is -0.789. The average molecular weight is 769 g/mol. The molecule has 6 heteroatoms. The van der Waals surface area contributed by atoms with Gasteiger partial charge in [-0.05, 0) is 89.9 Å². The van der Waals surface area contributed by atoms with E-state index < -0.39 is 6.10 Å². The lowest BCUT2D eigenvalue weighted by Crippen LogP contribution is -2.30. The first-order valence-corrected chi connectivity index (χ1v) is 22.8. The molecule has 0 saturated heterocycles. The Morgan fingerprint density at radius 2 is 0.727 bits per heavy atom. The van der Waals surface area contributed by atoms with Crippen molar-refractivity contribution in [3.05, 3.63) is 60.8 Å². The first-order chi connectivity index (χ1) is 27.0. The van der Waals surface area contributed by atoms with E-state index in [1.54, 1.807) is 0 Å². The molecule has 0 aliphatic carbocycles. The van der Waals surface area contributed by atoms with Crippen molar-refractivity contribution in [3.8, 4) is 0 Å². The summed E-state index contributed by atoms with van der Waals surface area (Å²) in [5.41, 5.74) is 0. The van der Waals surface area contributed by atoms with E-state index in [1.807, 2.05) is 0 Å². The molecule has 0 aliphatic rings. The van der Waals surface area contributed by atoms with E-state index in [9.17, 15) is 14.4 Å². The molecule has 0 aromatic rings. The topological polar surface area (TPSA) is 78.9 Å². The zero-order chi connectivity index (χ0) is 40.1. The van der Waals surface area contributed by atoms with Crippen LogP contribution in [0, 0.1) is 0 Å². The molecule has 0 aromatic carbocycles. The molecular formula is C49H84O6. The molecule has 0 saturated carbocycles. The van der Waals surface area contributed by atoms with Gasteiger partial charge in [0, 0.05) is 19.3 Å². The van der Waals surface area contributed by atoms with E-state index in [-0.39, 0.29) is 31.1 Å². The third-order valence-corrected chi connectivity index (χ3v) is 9.49. The van der Waals surface area contributed by atoms with Crippen LogP contribution in [0.4, 0.5) is 0 Å². The maximum absolute atomic E-state index is 12.7. The summed E-state index contributed by atoms with van der Waals surface area (Å²) in [7, 11) is 0. The largest absolute Gasteiger partial charge is 0.462 e. The van der Waals surface area contributed by atoms with Gasteiger partial charge >= 0.3 is 17.9 Å².